The van der Waals surface area contributed by atoms with Gasteiger partial charge in [-0.15, -0.1) is 11.8 Å². The fourth-order valence-electron chi connectivity index (χ4n) is 2.87. The second kappa shape index (κ2) is 9.39. The van der Waals surface area contributed by atoms with Crippen molar-refractivity contribution in [1.82, 2.24) is 10.2 Å². The zero-order valence-electron chi connectivity index (χ0n) is 15.9. The van der Waals surface area contributed by atoms with Crippen molar-refractivity contribution in [2.75, 3.05) is 0 Å². The largest absolute Gasteiger partial charge is 0.490 e. The summed E-state index contributed by atoms with van der Waals surface area (Å²) in [5.41, 5.74) is 7.17. The fourth-order valence-corrected chi connectivity index (χ4v) is 4.05. The molecule has 0 bridgehead atoms. The highest BCUT2D eigenvalue weighted by molar-refractivity contribution is 8.02. The van der Waals surface area contributed by atoms with Gasteiger partial charge in [0.2, 0.25) is 11.8 Å². The highest BCUT2D eigenvalue weighted by Crippen LogP contribution is 2.39. The number of alkyl halides is 3. The van der Waals surface area contributed by atoms with Crippen LogP contribution in [0.25, 0.3) is 0 Å². The first kappa shape index (κ1) is 24.2. The van der Waals surface area contributed by atoms with Crippen LogP contribution in [0.2, 0.25) is 0 Å². The van der Waals surface area contributed by atoms with Crippen molar-refractivity contribution in [1.29, 1.82) is 0 Å². The molecule has 0 radical (unpaired) electrons. The van der Waals surface area contributed by atoms with Crippen LogP contribution in [-0.2, 0) is 19.2 Å². The summed E-state index contributed by atoms with van der Waals surface area (Å²) in [6.07, 6.45) is -5.08. The number of carboxylic acids is 2. The molecule has 31 heavy (non-hydrogen) atoms. The lowest BCUT2D eigenvalue weighted by atomic mass is 9.98. The molecule has 1 aromatic carbocycles. The van der Waals surface area contributed by atoms with Crippen LogP contribution < -0.4 is 11.1 Å². The third-order valence-corrected chi connectivity index (χ3v) is 5.68. The van der Waals surface area contributed by atoms with Gasteiger partial charge < -0.3 is 26.2 Å². The van der Waals surface area contributed by atoms with Crippen molar-refractivity contribution in [3.63, 3.8) is 0 Å². The number of nitrogens with zero attached hydrogens (tertiary/aromatic N) is 1. The van der Waals surface area contributed by atoms with Crippen molar-refractivity contribution in [3.8, 4) is 0 Å². The first-order chi connectivity index (χ1) is 14.4. The maximum absolute atomic E-state index is 12.3. The molecule has 1 aromatic rings. The molecule has 1 fully saturated rings. The molecule has 2 aliphatic rings. The molecule has 2 aliphatic heterocycles. The van der Waals surface area contributed by atoms with E-state index >= 15 is 0 Å². The summed E-state index contributed by atoms with van der Waals surface area (Å²) in [6, 6.07) is 6.24. The Morgan fingerprint density at radius 1 is 1.19 bits per heavy atom. The quantitative estimate of drug-likeness (QED) is 0.487. The number of aliphatic carboxylic acids is 2. The van der Waals surface area contributed by atoms with E-state index in [-0.39, 0.29) is 0 Å². The van der Waals surface area contributed by atoms with Crippen LogP contribution in [0.15, 0.2) is 41.3 Å². The Hall–Kier alpha value is -3.06. The lowest BCUT2D eigenvalue weighted by molar-refractivity contribution is -0.192. The van der Waals surface area contributed by atoms with Gasteiger partial charge in [0.25, 0.3) is 0 Å². The van der Waals surface area contributed by atoms with Gasteiger partial charge in [-0.05, 0) is 23.5 Å². The molecular weight excluding hydrogens is 443 g/mol. The molecule has 0 aliphatic carbocycles. The summed E-state index contributed by atoms with van der Waals surface area (Å²) >= 11 is 1.33. The van der Waals surface area contributed by atoms with Crippen molar-refractivity contribution >= 4 is 35.5 Å². The molecule has 0 saturated carbocycles. The highest BCUT2D eigenvalue weighted by atomic mass is 32.2. The third-order valence-electron chi connectivity index (χ3n) is 4.40. The van der Waals surface area contributed by atoms with Crippen LogP contribution in [0, 0.1) is 0 Å². The van der Waals surface area contributed by atoms with E-state index in [0.717, 1.165) is 0 Å². The lowest BCUT2D eigenvalue weighted by Gasteiger charge is -2.51. The average molecular weight is 461 g/mol. The first-order valence-electron chi connectivity index (χ1n) is 8.64. The van der Waals surface area contributed by atoms with Crippen LogP contribution in [-0.4, -0.2) is 62.5 Å². The van der Waals surface area contributed by atoms with Crippen LogP contribution in [0.3, 0.4) is 0 Å². The average Bonchev–Trinajstić information content (AvgIpc) is 2.71. The Morgan fingerprint density at radius 2 is 1.74 bits per heavy atom. The van der Waals surface area contributed by atoms with Gasteiger partial charge in [-0.25, -0.2) is 9.59 Å². The molecule has 1 unspecified atom stereocenters. The number of carbonyl (C=O) groups excluding carboxylic acids is 2. The van der Waals surface area contributed by atoms with Crippen molar-refractivity contribution < 1.29 is 42.6 Å². The number of nitrogens with two attached hydrogens (primary N) is 1. The maximum atomic E-state index is 12.3. The van der Waals surface area contributed by atoms with Crippen molar-refractivity contribution in [2.45, 2.75) is 36.6 Å². The molecule has 2 heterocycles. The Morgan fingerprint density at radius 3 is 2.23 bits per heavy atom. The SMILES string of the molecule is CC1=CS[C@@H]2[C@H](NC(=O)[C@H](N)c3ccccc3)C(=O)N2C1C(=O)O.O=C(O)C(F)(F)F. The van der Waals surface area contributed by atoms with Crippen LogP contribution in [0.1, 0.15) is 18.5 Å². The number of fused-ring (bicyclic) bond motifs is 1. The predicted molar refractivity (Wildman–Crippen MR) is 102 cm³/mol. The molecule has 0 spiro atoms. The fraction of sp³-hybridized carbons (Fsp3) is 0.333. The van der Waals surface area contributed by atoms with E-state index in [1.165, 1.54) is 16.7 Å². The molecule has 4 atom stereocenters. The van der Waals surface area contributed by atoms with E-state index in [0.29, 0.717) is 11.1 Å². The molecule has 168 valence electrons. The number of rotatable bonds is 4. The standard InChI is InChI=1S/C16H17N3O4S.C2HF3O2/c1-8-7-24-15-11(14(21)19(15)12(8)16(22)23)18-13(20)10(17)9-5-3-2-4-6-9;3-2(4,5)1(6)7/h2-7,10-12,15H,17H2,1H3,(H,18,20)(H,22,23);(H,6,7)/t10-,11-,12?,15-;/m1./s1. The van der Waals surface area contributed by atoms with Crippen LogP contribution in [0.5, 0.6) is 0 Å². The topological polar surface area (TPSA) is 150 Å². The van der Waals surface area contributed by atoms with Gasteiger partial charge >= 0.3 is 18.1 Å². The smallest absolute Gasteiger partial charge is 0.479 e. The number of amides is 2. The summed E-state index contributed by atoms with van der Waals surface area (Å²) in [6.45, 7) is 1.67. The van der Waals surface area contributed by atoms with Gasteiger partial charge in [-0.1, -0.05) is 30.3 Å². The minimum atomic E-state index is -5.08. The van der Waals surface area contributed by atoms with Crippen molar-refractivity contribution in [2.24, 2.45) is 5.73 Å². The molecule has 3 rings (SSSR count). The van der Waals surface area contributed by atoms with Gasteiger partial charge in [-0.3, -0.25) is 9.59 Å². The molecule has 9 nitrogen and oxygen atoms in total. The summed E-state index contributed by atoms with van der Waals surface area (Å²) < 4.78 is 31.7. The minimum absolute atomic E-state index is 0.402. The number of hydrogen-bond acceptors (Lipinski definition) is 6. The van der Waals surface area contributed by atoms with Crippen molar-refractivity contribution in [3.05, 3.63) is 46.9 Å². The number of carbonyl (C=O) groups is 4. The number of halogens is 3. The number of hydrogen-bond donors (Lipinski definition) is 4. The van der Waals surface area contributed by atoms with E-state index < -0.39 is 53.4 Å². The highest BCUT2D eigenvalue weighted by Gasteiger charge is 2.55. The number of thioether (sulfide) groups is 1. The van der Waals surface area contributed by atoms with E-state index in [2.05, 4.69) is 5.32 Å². The minimum Gasteiger partial charge on any atom is -0.479 e. The molecule has 13 heteroatoms. The molecule has 2 amide bonds. The summed E-state index contributed by atoms with van der Waals surface area (Å²) in [4.78, 5) is 46.2. The normalized spacial score (nSPS) is 23.3. The van der Waals surface area contributed by atoms with E-state index in [1.54, 1.807) is 36.6 Å². The monoisotopic (exact) mass is 461 g/mol. The van der Waals surface area contributed by atoms with E-state index in [4.69, 9.17) is 15.6 Å². The zero-order chi connectivity index (χ0) is 23.5. The number of carboxylic acid groups (broad SMARTS) is 2. The van der Waals surface area contributed by atoms with E-state index in [9.17, 15) is 32.7 Å². The van der Waals surface area contributed by atoms with Gasteiger partial charge in [0, 0.05) is 0 Å². The Balaban J connectivity index is 0.000000423. The second-order valence-corrected chi connectivity index (χ2v) is 7.54. The van der Waals surface area contributed by atoms with Crippen LogP contribution in [0.4, 0.5) is 13.2 Å². The number of β-lactam (4-membered cyclic amide) rings is 1. The number of nitrogens with one attached hydrogen (secondary N) is 1. The second-order valence-electron chi connectivity index (χ2n) is 6.55. The molecule has 0 aromatic heterocycles. The summed E-state index contributed by atoms with van der Waals surface area (Å²) in [7, 11) is 0. The molecule has 1 saturated heterocycles. The van der Waals surface area contributed by atoms with E-state index in [1.807, 2.05) is 6.07 Å². The maximum Gasteiger partial charge on any atom is 0.490 e. The van der Waals surface area contributed by atoms with Crippen LogP contribution >= 0.6 is 11.8 Å². The van der Waals surface area contributed by atoms with Gasteiger partial charge in [0.1, 0.15) is 17.5 Å². The zero-order valence-corrected chi connectivity index (χ0v) is 16.7. The Labute approximate surface area is 178 Å². The van der Waals surface area contributed by atoms with Gasteiger partial charge in [0.15, 0.2) is 6.04 Å². The van der Waals surface area contributed by atoms with Gasteiger partial charge in [-0.2, -0.15) is 13.2 Å². The van der Waals surface area contributed by atoms with Gasteiger partial charge in [0.05, 0.1) is 0 Å². The third kappa shape index (κ3) is 5.35. The predicted octanol–water partition coefficient (Wildman–Crippen LogP) is 1.08. The number of benzene rings is 1. The summed E-state index contributed by atoms with van der Waals surface area (Å²) in [5.74, 6) is -4.69. The molecular formula is C18H18F3N3O6S. The Bertz CT molecular complexity index is 909. The Kier molecular flexibility index (Phi) is 7.33. The molecule has 5 N–H and O–H groups in total. The first-order valence-corrected chi connectivity index (χ1v) is 9.58. The summed E-state index contributed by atoms with van der Waals surface area (Å²) in [5, 5.41) is 20.4. The lowest BCUT2D eigenvalue weighted by Crippen LogP contribution is -2.74.